The smallest absolute Gasteiger partial charge is 0.302 e. The molecule has 0 amide bonds. The molecule has 2 nitrogen and oxygen atoms in total. The number of nitrogens with zero attached hydrogens (tertiary/aromatic N) is 2. The molecule has 0 saturated heterocycles. The second-order valence-electron chi connectivity index (χ2n) is 5.98. The Bertz CT molecular complexity index is 668. The SMILES string of the molecule is CN1CCc2ccc(N(Cc3ccccc3)C(F)(F)F)cc2C1. The zero-order chi connectivity index (χ0) is 16.4. The molecule has 0 unspecified atom stereocenters. The number of rotatable bonds is 3. The monoisotopic (exact) mass is 320 g/mol. The Morgan fingerprint density at radius 2 is 1.78 bits per heavy atom. The lowest BCUT2D eigenvalue weighted by molar-refractivity contribution is -0.130. The minimum atomic E-state index is -4.41. The van der Waals surface area contributed by atoms with Gasteiger partial charge in [-0.3, -0.25) is 4.90 Å². The number of hydrogen-bond donors (Lipinski definition) is 0. The zero-order valence-corrected chi connectivity index (χ0v) is 13.0. The first-order chi connectivity index (χ1) is 10.9. The second kappa shape index (κ2) is 6.24. The Kier molecular flexibility index (Phi) is 4.31. The summed E-state index contributed by atoms with van der Waals surface area (Å²) < 4.78 is 40.5. The zero-order valence-electron chi connectivity index (χ0n) is 13.0. The van der Waals surface area contributed by atoms with Gasteiger partial charge in [-0.15, -0.1) is 0 Å². The Morgan fingerprint density at radius 3 is 2.48 bits per heavy atom. The van der Waals surface area contributed by atoms with Crippen molar-refractivity contribution in [1.29, 1.82) is 0 Å². The van der Waals surface area contributed by atoms with Gasteiger partial charge in [-0.05, 0) is 42.3 Å². The van der Waals surface area contributed by atoms with Gasteiger partial charge in [0.2, 0.25) is 0 Å². The van der Waals surface area contributed by atoms with Crippen LogP contribution in [0.15, 0.2) is 48.5 Å². The summed E-state index contributed by atoms with van der Waals surface area (Å²) in [7, 11) is 1.99. The topological polar surface area (TPSA) is 6.48 Å². The van der Waals surface area contributed by atoms with E-state index in [1.807, 2.05) is 13.1 Å². The molecule has 3 rings (SSSR count). The largest absolute Gasteiger partial charge is 0.485 e. The Morgan fingerprint density at radius 1 is 1.04 bits per heavy atom. The van der Waals surface area contributed by atoms with Crippen LogP contribution in [-0.4, -0.2) is 24.8 Å². The summed E-state index contributed by atoms with van der Waals surface area (Å²) in [5, 5.41) is 0. The minimum Gasteiger partial charge on any atom is -0.302 e. The van der Waals surface area contributed by atoms with E-state index in [1.165, 1.54) is 0 Å². The molecule has 23 heavy (non-hydrogen) atoms. The molecule has 5 heteroatoms. The first-order valence-electron chi connectivity index (χ1n) is 7.62. The highest BCUT2D eigenvalue weighted by atomic mass is 19.4. The van der Waals surface area contributed by atoms with Crippen molar-refractivity contribution in [2.75, 3.05) is 18.5 Å². The fourth-order valence-corrected chi connectivity index (χ4v) is 2.95. The van der Waals surface area contributed by atoms with Crippen molar-refractivity contribution in [2.24, 2.45) is 0 Å². The number of likely N-dealkylation sites (N-methyl/N-ethyl adjacent to an activating group) is 1. The molecule has 0 bridgehead atoms. The number of hydrogen-bond acceptors (Lipinski definition) is 2. The van der Waals surface area contributed by atoms with Gasteiger partial charge in [0.05, 0.1) is 6.54 Å². The molecule has 0 radical (unpaired) electrons. The number of halogens is 3. The van der Waals surface area contributed by atoms with Crippen molar-refractivity contribution in [3.63, 3.8) is 0 Å². The maximum Gasteiger partial charge on any atom is 0.485 e. The van der Waals surface area contributed by atoms with Crippen LogP contribution in [0.4, 0.5) is 18.9 Å². The highest BCUT2D eigenvalue weighted by Gasteiger charge is 2.37. The van der Waals surface area contributed by atoms with E-state index in [4.69, 9.17) is 0 Å². The molecule has 0 aromatic heterocycles. The summed E-state index contributed by atoms with van der Waals surface area (Å²) >= 11 is 0. The van der Waals surface area contributed by atoms with Gasteiger partial charge >= 0.3 is 6.30 Å². The van der Waals surface area contributed by atoms with Crippen molar-refractivity contribution in [3.05, 3.63) is 65.2 Å². The van der Waals surface area contributed by atoms with E-state index < -0.39 is 6.30 Å². The highest BCUT2D eigenvalue weighted by molar-refractivity contribution is 5.52. The highest BCUT2D eigenvalue weighted by Crippen LogP contribution is 2.32. The predicted molar refractivity (Wildman–Crippen MR) is 85.2 cm³/mol. The molecule has 122 valence electrons. The van der Waals surface area contributed by atoms with Gasteiger partial charge in [-0.1, -0.05) is 36.4 Å². The van der Waals surface area contributed by atoms with Crippen LogP contribution in [-0.2, 0) is 19.5 Å². The maximum atomic E-state index is 13.5. The first-order valence-corrected chi connectivity index (χ1v) is 7.62. The fourth-order valence-electron chi connectivity index (χ4n) is 2.95. The van der Waals surface area contributed by atoms with Gasteiger partial charge in [0.25, 0.3) is 0 Å². The van der Waals surface area contributed by atoms with Gasteiger partial charge in [0.15, 0.2) is 0 Å². The van der Waals surface area contributed by atoms with Crippen LogP contribution < -0.4 is 4.90 Å². The lowest BCUT2D eigenvalue weighted by Gasteiger charge is -2.30. The van der Waals surface area contributed by atoms with E-state index >= 15 is 0 Å². The summed E-state index contributed by atoms with van der Waals surface area (Å²) in [6.45, 7) is 1.46. The second-order valence-corrected chi connectivity index (χ2v) is 5.98. The van der Waals surface area contributed by atoms with E-state index in [0.717, 1.165) is 24.1 Å². The summed E-state index contributed by atoms with van der Waals surface area (Å²) in [6, 6.07) is 13.8. The van der Waals surface area contributed by atoms with E-state index in [1.54, 1.807) is 42.5 Å². The molecular formula is C18H19F3N2. The quantitative estimate of drug-likeness (QED) is 0.782. The molecule has 0 spiro atoms. The minimum absolute atomic E-state index is 0.182. The van der Waals surface area contributed by atoms with Crippen LogP contribution in [0, 0.1) is 0 Å². The summed E-state index contributed by atoms with van der Waals surface area (Å²) in [5.41, 5.74) is 2.97. The van der Waals surface area contributed by atoms with Gasteiger partial charge in [0.1, 0.15) is 0 Å². The van der Waals surface area contributed by atoms with Crippen molar-refractivity contribution in [3.8, 4) is 0 Å². The average molecular weight is 320 g/mol. The average Bonchev–Trinajstić information content (AvgIpc) is 2.52. The van der Waals surface area contributed by atoms with E-state index in [2.05, 4.69) is 4.90 Å². The normalized spacial score (nSPS) is 15.3. The lowest BCUT2D eigenvalue weighted by Crippen LogP contribution is -2.37. The Hall–Kier alpha value is -2.01. The molecule has 0 N–H and O–H groups in total. The van der Waals surface area contributed by atoms with Crippen LogP contribution in [0.5, 0.6) is 0 Å². The van der Waals surface area contributed by atoms with E-state index in [-0.39, 0.29) is 12.2 Å². The van der Waals surface area contributed by atoms with Gasteiger partial charge in [-0.25, -0.2) is 0 Å². The van der Waals surface area contributed by atoms with Crippen LogP contribution in [0.25, 0.3) is 0 Å². The maximum absolute atomic E-state index is 13.5. The Balaban J connectivity index is 1.93. The number of benzene rings is 2. The van der Waals surface area contributed by atoms with Crippen molar-refractivity contribution >= 4 is 5.69 Å². The van der Waals surface area contributed by atoms with Crippen LogP contribution in [0.3, 0.4) is 0 Å². The van der Waals surface area contributed by atoms with E-state index in [0.29, 0.717) is 17.0 Å². The molecule has 0 atom stereocenters. The van der Waals surface area contributed by atoms with Gasteiger partial charge in [-0.2, -0.15) is 13.2 Å². The third-order valence-corrected chi connectivity index (χ3v) is 4.19. The van der Waals surface area contributed by atoms with Gasteiger partial charge < -0.3 is 4.90 Å². The standard InChI is InChI=1S/C18H19F3N2/c1-22-10-9-15-7-8-17(11-16(15)13-22)23(18(19,20)21)12-14-5-3-2-4-6-14/h2-8,11H,9-10,12-13H2,1H3. The lowest BCUT2D eigenvalue weighted by atomic mass is 9.99. The fraction of sp³-hybridized carbons (Fsp3) is 0.333. The number of alkyl halides is 3. The van der Waals surface area contributed by atoms with Crippen molar-refractivity contribution < 1.29 is 13.2 Å². The van der Waals surface area contributed by atoms with Crippen molar-refractivity contribution in [2.45, 2.75) is 25.8 Å². The van der Waals surface area contributed by atoms with Gasteiger partial charge in [0, 0.05) is 18.8 Å². The molecule has 2 aromatic carbocycles. The summed E-state index contributed by atoms with van der Waals surface area (Å²) in [5.74, 6) is 0. The third kappa shape index (κ3) is 3.67. The summed E-state index contributed by atoms with van der Waals surface area (Å²) in [6.07, 6.45) is -3.53. The van der Waals surface area contributed by atoms with E-state index in [9.17, 15) is 13.2 Å². The van der Waals surface area contributed by atoms with Crippen molar-refractivity contribution in [1.82, 2.24) is 4.90 Å². The van der Waals surface area contributed by atoms with Crippen LogP contribution >= 0.6 is 0 Å². The van der Waals surface area contributed by atoms with Crippen LogP contribution in [0.2, 0.25) is 0 Å². The predicted octanol–water partition coefficient (Wildman–Crippen LogP) is 4.20. The molecule has 0 aliphatic carbocycles. The summed E-state index contributed by atoms with van der Waals surface area (Å²) in [4.78, 5) is 2.64. The van der Waals surface area contributed by atoms with Crippen LogP contribution in [0.1, 0.15) is 16.7 Å². The number of anilines is 1. The molecule has 1 heterocycles. The molecule has 0 saturated carbocycles. The molecule has 0 fully saturated rings. The molecule has 1 aliphatic heterocycles. The Labute approximate surface area is 134 Å². The molecular weight excluding hydrogens is 301 g/mol. The first kappa shape index (κ1) is 15.9. The third-order valence-electron chi connectivity index (χ3n) is 4.19. The number of fused-ring (bicyclic) bond motifs is 1. The molecule has 2 aromatic rings. The molecule has 1 aliphatic rings.